The number of furan rings is 1. The third kappa shape index (κ3) is 3.78. The Labute approximate surface area is 179 Å². The number of hydrogen-bond donors (Lipinski definition) is 2. The van der Waals surface area contributed by atoms with Crippen molar-refractivity contribution in [2.75, 3.05) is 18.4 Å². The summed E-state index contributed by atoms with van der Waals surface area (Å²) in [5.41, 5.74) is 0.434. The van der Waals surface area contributed by atoms with Crippen LogP contribution in [0, 0.1) is 5.41 Å². The highest BCUT2D eigenvalue weighted by Crippen LogP contribution is 2.47. The van der Waals surface area contributed by atoms with E-state index in [1.54, 1.807) is 12.3 Å². The summed E-state index contributed by atoms with van der Waals surface area (Å²) in [4.78, 5) is 32.0. The van der Waals surface area contributed by atoms with E-state index in [2.05, 4.69) is 20.7 Å². The Bertz CT molecular complexity index is 1060. The van der Waals surface area contributed by atoms with Crippen molar-refractivity contribution in [1.82, 2.24) is 25.0 Å². The molecule has 1 aromatic carbocycles. The molecule has 0 saturated carbocycles. The number of nitrogens with zero attached hydrogens (tertiary/aromatic N) is 4. The van der Waals surface area contributed by atoms with Crippen molar-refractivity contribution in [1.29, 1.82) is 0 Å². The van der Waals surface area contributed by atoms with Crippen LogP contribution < -0.4 is 10.6 Å². The molecule has 0 bridgehead atoms. The maximum Gasteiger partial charge on any atom is 0.319 e. The molecule has 2 atom stereocenters. The van der Waals surface area contributed by atoms with Crippen molar-refractivity contribution in [2.24, 2.45) is 5.41 Å². The number of carbonyl (C=O) groups is 2. The second kappa shape index (κ2) is 7.90. The van der Waals surface area contributed by atoms with Gasteiger partial charge in [0.1, 0.15) is 17.9 Å². The van der Waals surface area contributed by atoms with E-state index in [9.17, 15) is 9.59 Å². The molecule has 2 aliphatic rings. The summed E-state index contributed by atoms with van der Waals surface area (Å²) in [6.45, 7) is 1.93. The van der Waals surface area contributed by atoms with Gasteiger partial charge in [0, 0.05) is 30.7 Å². The van der Waals surface area contributed by atoms with Gasteiger partial charge in [0.15, 0.2) is 0 Å². The van der Waals surface area contributed by atoms with Crippen molar-refractivity contribution in [2.45, 2.75) is 31.8 Å². The number of carbonyl (C=O) groups excluding carboxylic acids is 2. The lowest BCUT2D eigenvalue weighted by atomic mass is 9.74. The Morgan fingerprint density at radius 1 is 1.13 bits per heavy atom. The van der Waals surface area contributed by atoms with Gasteiger partial charge in [0.2, 0.25) is 5.91 Å². The molecule has 31 heavy (non-hydrogen) atoms. The molecule has 1 spiro atoms. The Kier molecular flexibility index (Phi) is 4.93. The van der Waals surface area contributed by atoms with Crippen LogP contribution in [-0.4, -0.2) is 44.7 Å². The van der Waals surface area contributed by atoms with Gasteiger partial charge in [-0.3, -0.25) is 4.79 Å². The van der Waals surface area contributed by atoms with Crippen molar-refractivity contribution in [3.8, 4) is 0 Å². The molecule has 0 aliphatic carbocycles. The SMILES string of the molecule is O=C(Nc1ccccc1)N[C@@H]1c2ncnn2CC[C@@]12CCN(C(=O)Cc1ccco1)C2. The minimum atomic E-state index is -0.339. The lowest BCUT2D eigenvalue weighted by Crippen LogP contribution is -2.49. The number of fused-ring (bicyclic) bond motifs is 1. The molecule has 9 nitrogen and oxygen atoms in total. The van der Waals surface area contributed by atoms with Gasteiger partial charge in [0.25, 0.3) is 0 Å². The van der Waals surface area contributed by atoms with E-state index in [1.165, 1.54) is 6.33 Å². The summed E-state index contributed by atoms with van der Waals surface area (Å²) in [6, 6.07) is 12.3. The summed E-state index contributed by atoms with van der Waals surface area (Å²) < 4.78 is 7.17. The number of anilines is 1. The quantitative estimate of drug-likeness (QED) is 0.675. The molecular weight excluding hydrogens is 396 g/mol. The number of hydrogen-bond acceptors (Lipinski definition) is 5. The first kappa shape index (κ1) is 19.3. The van der Waals surface area contributed by atoms with Crippen LogP contribution in [0.15, 0.2) is 59.5 Å². The lowest BCUT2D eigenvalue weighted by Gasteiger charge is -2.40. The number of nitrogens with one attached hydrogen (secondary N) is 2. The number of benzene rings is 1. The molecule has 0 unspecified atom stereocenters. The molecule has 2 N–H and O–H groups in total. The number of amides is 3. The smallest absolute Gasteiger partial charge is 0.319 e. The summed E-state index contributed by atoms with van der Waals surface area (Å²) in [5, 5.41) is 10.3. The van der Waals surface area contributed by atoms with Gasteiger partial charge in [0.05, 0.1) is 18.7 Å². The van der Waals surface area contributed by atoms with Gasteiger partial charge in [-0.2, -0.15) is 5.10 Å². The average Bonchev–Trinajstić information content (AvgIpc) is 3.52. The van der Waals surface area contributed by atoms with Crippen molar-refractivity contribution < 1.29 is 14.0 Å². The van der Waals surface area contributed by atoms with Crippen molar-refractivity contribution in [3.63, 3.8) is 0 Å². The maximum absolute atomic E-state index is 12.8. The van der Waals surface area contributed by atoms with Gasteiger partial charge in [-0.1, -0.05) is 18.2 Å². The number of para-hydroxylation sites is 1. The third-order valence-corrected chi connectivity index (χ3v) is 6.29. The maximum atomic E-state index is 12.8. The fraction of sp³-hybridized carbons (Fsp3) is 0.364. The van der Waals surface area contributed by atoms with Crippen LogP contribution in [0.1, 0.15) is 30.5 Å². The third-order valence-electron chi connectivity index (χ3n) is 6.29. The van der Waals surface area contributed by atoms with Crippen LogP contribution in [0.25, 0.3) is 0 Å². The molecule has 1 saturated heterocycles. The van der Waals surface area contributed by atoms with Gasteiger partial charge in [-0.15, -0.1) is 0 Å². The van der Waals surface area contributed by atoms with Crippen LogP contribution in [0.2, 0.25) is 0 Å². The van der Waals surface area contributed by atoms with E-state index < -0.39 is 0 Å². The lowest BCUT2D eigenvalue weighted by molar-refractivity contribution is -0.130. The van der Waals surface area contributed by atoms with Crippen LogP contribution in [-0.2, 0) is 17.8 Å². The molecular formula is C22H24N6O3. The first-order valence-electron chi connectivity index (χ1n) is 10.4. The predicted molar refractivity (Wildman–Crippen MR) is 112 cm³/mol. The van der Waals surface area contributed by atoms with Gasteiger partial charge >= 0.3 is 6.03 Å². The fourth-order valence-electron chi connectivity index (χ4n) is 4.68. The normalized spacial score (nSPS) is 22.3. The number of aryl methyl sites for hydroxylation is 1. The van der Waals surface area contributed by atoms with Crippen LogP contribution >= 0.6 is 0 Å². The molecule has 3 amide bonds. The Balaban J connectivity index is 1.34. The average molecular weight is 420 g/mol. The van der Waals surface area contributed by atoms with Gasteiger partial charge < -0.3 is 20.0 Å². The molecule has 4 heterocycles. The van der Waals surface area contributed by atoms with Crippen molar-refractivity contribution >= 4 is 17.6 Å². The first-order valence-corrected chi connectivity index (χ1v) is 10.4. The molecule has 2 aromatic heterocycles. The molecule has 160 valence electrons. The number of rotatable bonds is 4. The minimum absolute atomic E-state index is 0.0337. The Hall–Kier alpha value is -3.62. The second-order valence-electron chi connectivity index (χ2n) is 8.17. The highest BCUT2D eigenvalue weighted by atomic mass is 16.3. The molecule has 0 radical (unpaired) electrons. The van der Waals surface area contributed by atoms with E-state index in [-0.39, 0.29) is 29.8 Å². The summed E-state index contributed by atoms with van der Waals surface area (Å²) in [6.07, 6.45) is 4.94. The van der Waals surface area contributed by atoms with E-state index in [1.807, 2.05) is 46.0 Å². The van der Waals surface area contributed by atoms with Crippen LogP contribution in [0.5, 0.6) is 0 Å². The van der Waals surface area contributed by atoms with E-state index in [0.29, 0.717) is 31.1 Å². The largest absolute Gasteiger partial charge is 0.469 e. The van der Waals surface area contributed by atoms with Crippen LogP contribution in [0.3, 0.4) is 0 Å². The van der Waals surface area contributed by atoms with E-state index in [4.69, 9.17) is 4.42 Å². The zero-order chi connectivity index (χ0) is 21.3. The van der Waals surface area contributed by atoms with E-state index in [0.717, 1.165) is 18.7 Å². The second-order valence-corrected chi connectivity index (χ2v) is 8.17. The molecule has 2 aliphatic heterocycles. The number of likely N-dealkylation sites (tertiary alicyclic amines) is 1. The number of urea groups is 1. The standard InChI is InChI=1S/C22H24N6O3/c29-18(13-17-7-4-12-31-17)27-10-8-22(14-27)9-11-28-20(23-15-24-28)19(22)26-21(30)25-16-5-2-1-3-6-16/h1-7,12,15,19H,8-11,13-14H2,(H2,25,26,30)/t19-,22-/m1/s1. The highest BCUT2D eigenvalue weighted by Gasteiger charge is 2.50. The van der Waals surface area contributed by atoms with E-state index >= 15 is 0 Å². The minimum Gasteiger partial charge on any atom is -0.469 e. The topological polar surface area (TPSA) is 105 Å². The summed E-state index contributed by atoms with van der Waals surface area (Å²) in [5.74, 6) is 1.42. The number of aromatic nitrogens is 3. The van der Waals surface area contributed by atoms with Crippen LogP contribution in [0.4, 0.5) is 10.5 Å². The molecule has 5 rings (SSSR count). The Morgan fingerprint density at radius 3 is 2.77 bits per heavy atom. The predicted octanol–water partition coefficient (Wildman–Crippen LogP) is 2.60. The van der Waals surface area contributed by atoms with Gasteiger partial charge in [-0.25, -0.2) is 14.5 Å². The van der Waals surface area contributed by atoms with Crippen molar-refractivity contribution in [3.05, 3.63) is 66.6 Å². The highest BCUT2D eigenvalue weighted by molar-refractivity contribution is 5.89. The molecule has 1 fully saturated rings. The zero-order valence-corrected chi connectivity index (χ0v) is 17.0. The summed E-state index contributed by atoms with van der Waals surface area (Å²) in [7, 11) is 0. The Morgan fingerprint density at radius 2 is 1.97 bits per heavy atom. The first-order chi connectivity index (χ1) is 15.1. The monoisotopic (exact) mass is 420 g/mol. The summed E-state index contributed by atoms with van der Waals surface area (Å²) >= 11 is 0. The molecule has 3 aromatic rings. The van der Waals surface area contributed by atoms with Gasteiger partial charge in [-0.05, 0) is 37.1 Å². The zero-order valence-electron chi connectivity index (χ0n) is 17.0. The molecule has 9 heteroatoms. The fourth-order valence-corrected chi connectivity index (χ4v) is 4.68.